The number of benzene rings is 2. The lowest BCUT2D eigenvalue weighted by molar-refractivity contribution is 0.0930. The summed E-state index contributed by atoms with van der Waals surface area (Å²) in [5.41, 5.74) is 0.927. The molecule has 6 heteroatoms. The van der Waals surface area contributed by atoms with Crippen LogP contribution in [0.2, 0.25) is 0 Å². The Balaban J connectivity index is 2.03. The van der Waals surface area contributed by atoms with Gasteiger partial charge in [-0.25, -0.2) is 8.42 Å². The molecule has 1 aliphatic carbocycles. The second-order valence-corrected chi connectivity index (χ2v) is 6.51. The van der Waals surface area contributed by atoms with Gasteiger partial charge in [-0.1, -0.05) is 30.3 Å². The molecule has 0 saturated carbocycles. The van der Waals surface area contributed by atoms with Crippen LogP contribution in [0, 0.1) is 0 Å². The van der Waals surface area contributed by atoms with Crippen LogP contribution >= 0.6 is 0 Å². The van der Waals surface area contributed by atoms with Crippen molar-refractivity contribution in [2.45, 2.75) is 17.4 Å². The number of sulfonamides is 1. The third-order valence-electron chi connectivity index (χ3n) is 3.41. The van der Waals surface area contributed by atoms with Gasteiger partial charge in [0.25, 0.3) is 10.0 Å². The number of aliphatic hydroxyl groups is 1. The molecule has 2 N–H and O–H groups in total. The van der Waals surface area contributed by atoms with Crippen LogP contribution in [-0.4, -0.2) is 19.3 Å². The molecule has 0 amide bonds. The van der Waals surface area contributed by atoms with Gasteiger partial charge in [-0.3, -0.25) is 9.52 Å². The van der Waals surface area contributed by atoms with Crippen LogP contribution in [0.5, 0.6) is 0 Å². The maximum absolute atomic E-state index is 12.3. The first-order valence-corrected chi connectivity index (χ1v) is 7.89. The topological polar surface area (TPSA) is 83.5 Å². The number of Topliss-reactive ketones (excluding diaryl/α,β-unsaturated/α-hetero) is 1. The molecule has 1 atom stereocenters. The van der Waals surface area contributed by atoms with Crippen molar-refractivity contribution in [2.75, 3.05) is 4.72 Å². The molecule has 1 aliphatic rings. The second kappa shape index (κ2) is 4.98. The van der Waals surface area contributed by atoms with Crippen molar-refractivity contribution in [3.63, 3.8) is 0 Å². The van der Waals surface area contributed by atoms with Crippen molar-refractivity contribution >= 4 is 21.5 Å². The highest BCUT2D eigenvalue weighted by molar-refractivity contribution is 7.92. The highest BCUT2D eigenvalue weighted by Gasteiger charge is 2.31. The Labute approximate surface area is 122 Å². The van der Waals surface area contributed by atoms with Crippen LogP contribution in [0.3, 0.4) is 0 Å². The van der Waals surface area contributed by atoms with E-state index in [4.69, 9.17) is 0 Å². The Hall–Kier alpha value is -2.18. The molecule has 108 valence electrons. The number of carbonyl (C=O) groups is 1. The van der Waals surface area contributed by atoms with E-state index in [1.807, 2.05) is 0 Å². The third kappa shape index (κ3) is 2.43. The molecule has 0 radical (unpaired) electrons. The zero-order valence-corrected chi connectivity index (χ0v) is 11.8. The molecular formula is C15H13NO4S. The monoisotopic (exact) mass is 303 g/mol. The van der Waals surface area contributed by atoms with E-state index in [2.05, 4.69) is 4.72 Å². The van der Waals surface area contributed by atoms with Gasteiger partial charge < -0.3 is 5.11 Å². The van der Waals surface area contributed by atoms with Gasteiger partial charge in [0.2, 0.25) is 0 Å². The van der Waals surface area contributed by atoms with Crippen LogP contribution in [0.15, 0.2) is 53.4 Å². The number of hydrogen-bond acceptors (Lipinski definition) is 4. The average molecular weight is 303 g/mol. The van der Waals surface area contributed by atoms with E-state index in [1.165, 1.54) is 18.2 Å². The minimum atomic E-state index is -3.76. The van der Waals surface area contributed by atoms with Gasteiger partial charge in [0.05, 0.1) is 16.7 Å². The molecule has 1 unspecified atom stereocenters. The van der Waals surface area contributed by atoms with Crippen molar-refractivity contribution in [3.05, 3.63) is 59.7 Å². The van der Waals surface area contributed by atoms with E-state index < -0.39 is 16.1 Å². The Morgan fingerprint density at radius 1 is 1.05 bits per heavy atom. The molecule has 0 aromatic heterocycles. The largest absolute Gasteiger partial charge is 0.388 e. The maximum atomic E-state index is 12.3. The van der Waals surface area contributed by atoms with E-state index in [0.29, 0.717) is 5.56 Å². The zero-order chi connectivity index (χ0) is 15.0. The average Bonchev–Trinajstić information content (AvgIpc) is 2.76. The normalized spacial score (nSPS) is 17.6. The smallest absolute Gasteiger partial charge is 0.261 e. The first kappa shape index (κ1) is 13.8. The van der Waals surface area contributed by atoms with Crippen molar-refractivity contribution in [1.82, 2.24) is 0 Å². The summed E-state index contributed by atoms with van der Waals surface area (Å²) in [5.74, 6) is -0.260. The minimum Gasteiger partial charge on any atom is -0.388 e. The molecule has 5 nitrogen and oxygen atoms in total. The number of rotatable bonds is 3. The summed E-state index contributed by atoms with van der Waals surface area (Å²) in [6, 6.07) is 12.7. The predicted octanol–water partition coefficient (Wildman–Crippen LogP) is 2.11. The fourth-order valence-corrected chi connectivity index (χ4v) is 3.53. The van der Waals surface area contributed by atoms with Gasteiger partial charge in [-0.15, -0.1) is 0 Å². The Kier molecular flexibility index (Phi) is 3.27. The fourth-order valence-electron chi connectivity index (χ4n) is 2.44. The van der Waals surface area contributed by atoms with Crippen molar-refractivity contribution in [1.29, 1.82) is 0 Å². The van der Waals surface area contributed by atoms with E-state index in [0.717, 1.165) is 0 Å². The number of hydrogen-bond donors (Lipinski definition) is 2. The second-order valence-electron chi connectivity index (χ2n) is 4.83. The van der Waals surface area contributed by atoms with E-state index >= 15 is 0 Å². The van der Waals surface area contributed by atoms with E-state index in [1.54, 1.807) is 30.3 Å². The lowest BCUT2D eigenvalue weighted by Gasteiger charge is -2.11. The molecule has 0 heterocycles. The molecule has 0 bridgehead atoms. The number of aliphatic hydroxyl groups excluding tert-OH is 1. The fraction of sp³-hybridized carbons (Fsp3) is 0.133. The Bertz CT molecular complexity index is 800. The summed E-state index contributed by atoms with van der Waals surface area (Å²) in [7, 11) is -3.76. The predicted molar refractivity (Wildman–Crippen MR) is 77.6 cm³/mol. The van der Waals surface area contributed by atoms with E-state index in [-0.39, 0.29) is 28.4 Å². The SMILES string of the molecule is O=C1CC(O)c2cccc(NS(=O)(=O)c3ccccc3)c21. The summed E-state index contributed by atoms with van der Waals surface area (Å²) in [4.78, 5) is 12.0. The standard InChI is InChI=1S/C15H13NO4S/c17-13-9-14(18)15-11(13)7-4-8-12(15)16-21(19,20)10-5-2-1-3-6-10/h1-8,13,16-17H,9H2. The Morgan fingerprint density at radius 3 is 2.48 bits per heavy atom. The Morgan fingerprint density at radius 2 is 1.76 bits per heavy atom. The number of fused-ring (bicyclic) bond motifs is 1. The van der Waals surface area contributed by atoms with Gasteiger partial charge >= 0.3 is 0 Å². The van der Waals surface area contributed by atoms with E-state index in [9.17, 15) is 18.3 Å². The molecule has 0 spiro atoms. The van der Waals surface area contributed by atoms with Gasteiger partial charge in [0.1, 0.15) is 0 Å². The van der Waals surface area contributed by atoms with Gasteiger partial charge in [-0.05, 0) is 23.8 Å². The molecule has 0 saturated heterocycles. The lowest BCUT2D eigenvalue weighted by atomic mass is 10.1. The lowest BCUT2D eigenvalue weighted by Crippen LogP contribution is -2.15. The summed E-state index contributed by atoms with van der Waals surface area (Å²) < 4.78 is 27.0. The van der Waals surface area contributed by atoms with Crippen molar-refractivity contribution in [3.8, 4) is 0 Å². The molecule has 21 heavy (non-hydrogen) atoms. The molecule has 3 rings (SSSR count). The first-order chi connectivity index (χ1) is 9.99. The summed E-state index contributed by atoms with van der Waals surface area (Å²) >= 11 is 0. The number of ketones is 1. The molecule has 0 fully saturated rings. The summed E-state index contributed by atoms with van der Waals surface area (Å²) in [6.45, 7) is 0. The van der Waals surface area contributed by atoms with Gasteiger partial charge in [-0.2, -0.15) is 0 Å². The van der Waals surface area contributed by atoms with Crippen LogP contribution in [0.4, 0.5) is 5.69 Å². The first-order valence-electron chi connectivity index (χ1n) is 6.41. The van der Waals surface area contributed by atoms with Crippen LogP contribution in [0.1, 0.15) is 28.4 Å². The number of nitrogens with one attached hydrogen (secondary N) is 1. The highest BCUT2D eigenvalue weighted by Crippen LogP contribution is 2.36. The van der Waals surface area contributed by atoms with Crippen molar-refractivity contribution < 1.29 is 18.3 Å². The summed E-state index contributed by atoms with van der Waals surface area (Å²) in [5, 5.41) is 9.79. The van der Waals surface area contributed by atoms with Crippen molar-refractivity contribution in [2.24, 2.45) is 0 Å². The third-order valence-corrected chi connectivity index (χ3v) is 4.79. The van der Waals surface area contributed by atoms with Gasteiger partial charge in [0.15, 0.2) is 5.78 Å². The highest BCUT2D eigenvalue weighted by atomic mass is 32.2. The molecular weight excluding hydrogens is 290 g/mol. The molecule has 2 aromatic carbocycles. The molecule has 2 aromatic rings. The number of carbonyl (C=O) groups excluding carboxylic acids is 1. The minimum absolute atomic E-state index is 0.0145. The maximum Gasteiger partial charge on any atom is 0.261 e. The van der Waals surface area contributed by atoms with Crippen LogP contribution in [0.25, 0.3) is 0 Å². The van der Waals surface area contributed by atoms with Crippen LogP contribution in [-0.2, 0) is 10.0 Å². The summed E-state index contributed by atoms with van der Waals surface area (Å²) in [6.07, 6.45) is -0.881. The van der Waals surface area contributed by atoms with Gasteiger partial charge in [0, 0.05) is 12.0 Å². The van der Waals surface area contributed by atoms with Crippen LogP contribution < -0.4 is 4.72 Å². The molecule has 0 aliphatic heterocycles. The quantitative estimate of drug-likeness (QED) is 0.909. The zero-order valence-electron chi connectivity index (χ0n) is 11.0. The number of anilines is 1.